The van der Waals surface area contributed by atoms with Crippen LogP contribution in [0.1, 0.15) is 62.8 Å². The zero-order chi connectivity index (χ0) is 37.4. The van der Waals surface area contributed by atoms with Crippen molar-refractivity contribution in [3.8, 4) is 16.8 Å². The maximum atomic E-state index is 4.10. The van der Waals surface area contributed by atoms with Gasteiger partial charge in [0.1, 0.15) is 0 Å². The van der Waals surface area contributed by atoms with Crippen LogP contribution in [0.5, 0.6) is 0 Å². The second-order valence-electron chi connectivity index (χ2n) is 17.3. The molecule has 0 atom stereocenters. The Labute approximate surface area is 333 Å². The van der Waals surface area contributed by atoms with Crippen LogP contribution in [0.2, 0.25) is 0 Å². The smallest absolute Gasteiger partial charge is 0.197 e. The van der Waals surface area contributed by atoms with Crippen molar-refractivity contribution in [3.05, 3.63) is 138 Å². The van der Waals surface area contributed by atoms with E-state index in [2.05, 4.69) is 174 Å². The van der Waals surface area contributed by atoms with E-state index in [9.17, 15) is 0 Å². The summed E-state index contributed by atoms with van der Waals surface area (Å²) < 4.78 is 2.54. The van der Waals surface area contributed by atoms with Gasteiger partial charge in [0.25, 0.3) is 0 Å². The molecule has 0 bridgehead atoms. The molecular formula is C50H42BN2S2. The fraction of sp³-hybridized carbons (Fsp3) is 0.200. The van der Waals surface area contributed by atoms with Gasteiger partial charge >= 0.3 is 0 Å². The Bertz CT molecular complexity index is 2970. The molecular weight excluding hydrogens is 704 g/mol. The van der Waals surface area contributed by atoms with Gasteiger partial charge in [-0.1, -0.05) is 123 Å². The summed E-state index contributed by atoms with van der Waals surface area (Å²) in [6, 6.07) is 43.8. The molecule has 1 aromatic heterocycles. The van der Waals surface area contributed by atoms with Crippen molar-refractivity contribution < 1.29 is 0 Å². The third-order valence-corrected chi connectivity index (χ3v) is 15.2. The Hall–Kier alpha value is -4.84. The van der Waals surface area contributed by atoms with Gasteiger partial charge in [0, 0.05) is 58.5 Å². The van der Waals surface area contributed by atoms with Crippen molar-refractivity contribution in [1.82, 2.24) is 4.57 Å². The van der Waals surface area contributed by atoms with Gasteiger partial charge in [0.2, 0.25) is 0 Å². The zero-order valence-corrected chi connectivity index (χ0v) is 33.9. The van der Waals surface area contributed by atoms with E-state index >= 15 is 0 Å². The lowest BCUT2D eigenvalue weighted by molar-refractivity contribution is 0.332. The monoisotopic (exact) mass is 745 g/mol. The molecule has 0 unspecified atom stereocenters. The Balaban J connectivity index is 1.15. The minimum Gasteiger partial charge on any atom is -0.355 e. The third-order valence-electron chi connectivity index (χ3n) is 12.7. The molecule has 55 heavy (non-hydrogen) atoms. The first-order valence-electron chi connectivity index (χ1n) is 19.5. The first-order chi connectivity index (χ1) is 26.5. The summed E-state index contributed by atoms with van der Waals surface area (Å²) in [5, 5.41) is 9.25. The molecule has 0 spiro atoms. The molecule has 11 rings (SSSR count). The van der Waals surface area contributed by atoms with Crippen molar-refractivity contribution in [2.75, 3.05) is 5.32 Å². The number of aromatic nitrogens is 1. The summed E-state index contributed by atoms with van der Waals surface area (Å²) in [6.45, 7) is 14.2. The van der Waals surface area contributed by atoms with E-state index in [1.165, 1.54) is 121 Å². The van der Waals surface area contributed by atoms with Gasteiger partial charge in [-0.3, -0.25) is 0 Å². The number of para-hydroxylation sites is 1. The number of nitrogens with zero attached hydrogens (tertiary/aromatic N) is 1. The number of aryl methyl sites for hydroxylation is 2. The standard InChI is InChI=1S/C50H42BN2S2/c1-28-20-35(47-42(21-28)53-41-24-31-13-8-7-12-30(31)23-34(41)32-14-11-15-38(51-47)48(32)53)33-25-45-46(55-44-17-10-9-16-43(44)54-45)27-40(33)52-39-26-37-36(22-29(39)2)49(3,4)18-19-50(37,5)6/h7-17,20-27,52H,18-19H2,1-6H3. The average molecular weight is 746 g/mol. The average Bonchev–Trinajstić information content (AvgIpc) is 3.50. The van der Waals surface area contributed by atoms with E-state index in [1.54, 1.807) is 0 Å². The molecule has 8 aromatic rings. The van der Waals surface area contributed by atoms with Crippen LogP contribution in [0.4, 0.5) is 11.4 Å². The van der Waals surface area contributed by atoms with Crippen molar-refractivity contribution in [1.29, 1.82) is 0 Å². The number of fused-ring (bicyclic) bond motifs is 9. The molecule has 7 aromatic carbocycles. The molecule has 1 N–H and O–H groups in total. The molecule has 0 saturated carbocycles. The summed E-state index contributed by atoms with van der Waals surface area (Å²) in [7, 11) is 2.44. The van der Waals surface area contributed by atoms with Gasteiger partial charge in [-0.2, -0.15) is 0 Å². The molecule has 5 heteroatoms. The summed E-state index contributed by atoms with van der Waals surface area (Å²) in [4.78, 5) is 5.25. The molecule has 2 aliphatic heterocycles. The molecule has 3 heterocycles. The summed E-state index contributed by atoms with van der Waals surface area (Å²) in [6.07, 6.45) is 2.40. The predicted octanol–water partition coefficient (Wildman–Crippen LogP) is 12.9. The molecule has 0 saturated heterocycles. The highest BCUT2D eigenvalue weighted by molar-refractivity contribution is 8.05. The van der Waals surface area contributed by atoms with E-state index in [-0.39, 0.29) is 10.8 Å². The van der Waals surface area contributed by atoms with Crippen LogP contribution in [0, 0.1) is 13.8 Å². The Morgan fingerprint density at radius 3 is 2.02 bits per heavy atom. The van der Waals surface area contributed by atoms with E-state index in [0.717, 1.165) is 5.69 Å². The number of anilines is 2. The quantitative estimate of drug-likeness (QED) is 0.182. The minimum atomic E-state index is 0.123. The van der Waals surface area contributed by atoms with Crippen molar-refractivity contribution in [2.45, 2.75) is 84.8 Å². The normalized spacial score (nSPS) is 16.0. The maximum absolute atomic E-state index is 4.10. The highest BCUT2D eigenvalue weighted by Crippen LogP contribution is 2.52. The lowest BCUT2D eigenvalue weighted by Gasteiger charge is -2.42. The largest absolute Gasteiger partial charge is 0.355 e. The van der Waals surface area contributed by atoms with Crippen LogP contribution >= 0.6 is 23.5 Å². The molecule has 3 aliphatic rings. The van der Waals surface area contributed by atoms with E-state index in [4.69, 9.17) is 0 Å². The zero-order valence-electron chi connectivity index (χ0n) is 32.2. The van der Waals surface area contributed by atoms with Gasteiger partial charge in [-0.15, -0.1) is 0 Å². The van der Waals surface area contributed by atoms with E-state index < -0.39 is 0 Å². The van der Waals surface area contributed by atoms with E-state index in [1.807, 2.05) is 23.5 Å². The minimum absolute atomic E-state index is 0.123. The van der Waals surface area contributed by atoms with Crippen LogP contribution in [-0.2, 0) is 10.8 Å². The molecule has 0 amide bonds. The van der Waals surface area contributed by atoms with Crippen molar-refractivity contribution >= 4 is 85.7 Å². The summed E-state index contributed by atoms with van der Waals surface area (Å²) in [5.74, 6) is 0. The van der Waals surface area contributed by atoms with Gasteiger partial charge in [0.15, 0.2) is 7.28 Å². The number of rotatable bonds is 3. The molecule has 2 nitrogen and oxygen atoms in total. The third kappa shape index (κ3) is 5.12. The fourth-order valence-electron chi connectivity index (χ4n) is 9.54. The number of nitrogens with one attached hydrogen (secondary N) is 1. The summed E-state index contributed by atoms with van der Waals surface area (Å²) >= 11 is 3.78. The first-order valence-corrected chi connectivity index (χ1v) is 21.2. The second-order valence-corrected chi connectivity index (χ2v) is 19.5. The Morgan fingerprint density at radius 2 is 1.27 bits per heavy atom. The topological polar surface area (TPSA) is 17.0 Å². The van der Waals surface area contributed by atoms with Gasteiger partial charge in [-0.25, -0.2) is 0 Å². The number of hydrogen-bond donors (Lipinski definition) is 1. The van der Waals surface area contributed by atoms with Gasteiger partial charge < -0.3 is 9.88 Å². The number of hydrogen-bond acceptors (Lipinski definition) is 3. The van der Waals surface area contributed by atoms with Crippen LogP contribution in [-0.4, -0.2) is 11.8 Å². The SMILES string of the molecule is Cc1cc(-c2cc3c(cc2Nc2cc4c(cc2C)C(C)(C)CCC4(C)C)Sc2ccccc2S3)c2c(c1)-n1c3cc4ccccc4cc3c3cccc(c31)[B]2. The fourth-order valence-corrected chi connectivity index (χ4v) is 11.8. The highest BCUT2D eigenvalue weighted by atomic mass is 32.2. The highest BCUT2D eigenvalue weighted by Gasteiger charge is 2.38. The van der Waals surface area contributed by atoms with Crippen LogP contribution in [0.3, 0.4) is 0 Å². The van der Waals surface area contributed by atoms with Crippen molar-refractivity contribution in [2.24, 2.45) is 0 Å². The number of benzene rings is 7. The summed E-state index contributed by atoms with van der Waals surface area (Å²) in [5.41, 5.74) is 17.0. The van der Waals surface area contributed by atoms with Crippen LogP contribution < -0.4 is 16.2 Å². The van der Waals surface area contributed by atoms with Crippen molar-refractivity contribution in [3.63, 3.8) is 0 Å². The maximum Gasteiger partial charge on any atom is 0.197 e. The lowest BCUT2D eigenvalue weighted by atomic mass is 9.59. The Kier molecular flexibility index (Phi) is 7.21. The first kappa shape index (κ1) is 33.5. The Morgan fingerprint density at radius 1 is 0.600 bits per heavy atom. The molecule has 1 aliphatic carbocycles. The molecule has 0 fully saturated rings. The molecule has 1 radical (unpaired) electrons. The van der Waals surface area contributed by atoms with E-state index in [0.29, 0.717) is 0 Å². The predicted molar refractivity (Wildman–Crippen MR) is 238 cm³/mol. The van der Waals surface area contributed by atoms with Crippen LogP contribution in [0.25, 0.3) is 49.4 Å². The van der Waals surface area contributed by atoms with Crippen LogP contribution in [0.15, 0.2) is 135 Å². The molecule has 267 valence electrons. The van der Waals surface area contributed by atoms with Gasteiger partial charge in [-0.05, 0) is 130 Å². The lowest BCUT2D eigenvalue weighted by Crippen LogP contribution is -2.37. The second kappa shape index (κ2) is 11.8. The van der Waals surface area contributed by atoms with Gasteiger partial charge in [0.05, 0.1) is 5.52 Å².